The van der Waals surface area contributed by atoms with Crippen LogP contribution in [0.25, 0.3) is 10.6 Å². The lowest BCUT2D eigenvalue weighted by molar-refractivity contribution is 0.567. The second kappa shape index (κ2) is 5.58. The number of nitrogens with zero attached hydrogens (tertiary/aromatic N) is 1. The Morgan fingerprint density at radius 2 is 1.75 bits per heavy atom. The van der Waals surface area contributed by atoms with E-state index in [1.165, 1.54) is 26.0 Å². The molecule has 1 aromatic carbocycles. The molecule has 2 N–H and O–H groups in total. The molecule has 4 heteroatoms. The van der Waals surface area contributed by atoms with Gasteiger partial charge in [-0.3, -0.25) is 0 Å². The first-order valence-corrected chi connectivity index (χ1v) is 8.32. The molecular weight excluding hydrogens is 332 g/mol. The largest absolute Gasteiger partial charge is 0.326 e. The normalized spacial score (nSPS) is 11.9. The minimum Gasteiger partial charge on any atom is -0.326 e. The molecule has 0 aliphatic rings. The van der Waals surface area contributed by atoms with Crippen LogP contribution in [-0.2, 0) is 12.0 Å². The highest BCUT2D eigenvalue weighted by Gasteiger charge is 2.23. The molecule has 0 fully saturated rings. The van der Waals surface area contributed by atoms with E-state index >= 15 is 0 Å². The maximum atomic E-state index is 5.89. The van der Waals surface area contributed by atoms with E-state index in [4.69, 9.17) is 10.7 Å². The Morgan fingerprint density at radius 3 is 2.15 bits per heavy atom. The second-order valence-electron chi connectivity index (χ2n) is 6.17. The molecule has 2 aromatic rings. The van der Waals surface area contributed by atoms with Gasteiger partial charge in [0.25, 0.3) is 0 Å². The summed E-state index contributed by atoms with van der Waals surface area (Å²) >= 11 is 5.33. The zero-order chi connectivity index (χ0) is 15.1. The van der Waals surface area contributed by atoms with E-state index in [9.17, 15) is 0 Å². The molecule has 0 saturated heterocycles. The highest BCUT2D eigenvalue weighted by molar-refractivity contribution is 9.10. The van der Waals surface area contributed by atoms with Gasteiger partial charge in [0.1, 0.15) is 5.01 Å². The molecule has 108 valence electrons. The molecule has 0 radical (unpaired) electrons. The molecule has 2 nitrogen and oxygen atoms in total. The summed E-state index contributed by atoms with van der Waals surface area (Å²) in [6.07, 6.45) is 0. The number of nitrogens with two attached hydrogens (primary N) is 1. The first-order valence-electron chi connectivity index (χ1n) is 6.71. The van der Waals surface area contributed by atoms with Gasteiger partial charge in [-0.05, 0) is 37.1 Å². The van der Waals surface area contributed by atoms with Gasteiger partial charge in [-0.15, -0.1) is 11.3 Å². The number of hydrogen-bond acceptors (Lipinski definition) is 3. The van der Waals surface area contributed by atoms with Gasteiger partial charge in [0.2, 0.25) is 0 Å². The van der Waals surface area contributed by atoms with Crippen LogP contribution in [0.1, 0.15) is 42.5 Å². The zero-order valence-corrected chi connectivity index (χ0v) is 15.1. The topological polar surface area (TPSA) is 38.9 Å². The quantitative estimate of drug-likeness (QED) is 0.830. The van der Waals surface area contributed by atoms with E-state index in [1.54, 1.807) is 11.3 Å². The lowest BCUT2D eigenvalue weighted by Gasteiger charge is -2.16. The van der Waals surface area contributed by atoms with Crippen LogP contribution in [-0.4, -0.2) is 4.98 Å². The van der Waals surface area contributed by atoms with E-state index in [1.807, 2.05) is 0 Å². The first-order chi connectivity index (χ1) is 9.24. The van der Waals surface area contributed by atoms with Crippen molar-refractivity contribution in [3.05, 3.63) is 38.3 Å². The number of benzene rings is 1. The van der Waals surface area contributed by atoms with Crippen molar-refractivity contribution in [3.63, 3.8) is 0 Å². The van der Waals surface area contributed by atoms with Crippen molar-refractivity contribution < 1.29 is 0 Å². The lowest BCUT2D eigenvalue weighted by Crippen LogP contribution is -2.15. The van der Waals surface area contributed by atoms with E-state index in [2.05, 4.69) is 62.7 Å². The summed E-state index contributed by atoms with van der Waals surface area (Å²) in [5.41, 5.74) is 10.7. The summed E-state index contributed by atoms with van der Waals surface area (Å²) in [6.45, 7) is 11.3. The first kappa shape index (κ1) is 15.7. The lowest BCUT2D eigenvalue weighted by atomic mass is 9.91. The number of hydrogen-bond donors (Lipinski definition) is 1. The standard InChI is InChI=1S/C16H21BrN2S/c1-9-6-11(7-10(2)13(9)17)15-19-14(16(3,4)5)12(8-18)20-15/h6-7H,8,18H2,1-5H3. The van der Waals surface area contributed by atoms with Gasteiger partial charge >= 0.3 is 0 Å². The number of halogens is 1. The van der Waals surface area contributed by atoms with E-state index < -0.39 is 0 Å². The highest BCUT2D eigenvalue weighted by atomic mass is 79.9. The summed E-state index contributed by atoms with van der Waals surface area (Å²) in [5.74, 6) is 0. The molecule has 0 unspecified atom stereocenters. The Morgan fingerprint density at radius 1 is 1.20 bits per heavy atom. The molecule has 0 spiro atoms. The molecule has 0 amide bonds. The average Bonchev–Trinajstić information content (AvgIpc) is 2.79. The summed E-state index contributed by atoms with van der Waals surface area (Å²) in [7, 11) is 0. The molecule has 1 heterocycles. The predicted molar refractivity (Wildman–Crippen MR) is 91.3 cm³/mol. The SMILES string of the molecule is Cc1cc(-c2nc(C(C)(C)C)c(CN)s2)cc(C)c1Br. The van der Waals surface area contributed by atoms with Gasteiger partial charge in [-0.25, -0.2) is 4.98 Å². The molecule has 0 bridgehead atoms. The van der Waals surface area contributed by atoms with Gasteiger partial charge in [0.05, 0.1) is 5.69 Å². The third-order valence-corrected chi connectivity index (χ3v) is 5.65. The molecule has 0 aliphatic heterocycles. The monoisotopic (exact) mass is 352 g/mol. The van der Waals surface area contributed by atoms with Gasteiger partial charge in [0, 0.05) is 26.9 Å². The zero-order valence-electron chi connectivity index (χ0n) is 12.7. The van der Waals surface area contributed by atoms with E-state index in [0.717, 1.165) is 10.7 Å². The Hall–Kier alpha value is -0.710. The summed E-state index contributed by atoms with van der Waals surface area (Å²) in [4.78, 5) is 6.04. The summed E-state index contributed by atoms with van der Waals surface area (Å²) in [6, 6.07) is 4.37. The number of aromatic nitrogens is 1. The Labute approximate surface area is 133 Å². The van der Waals surface area contributed by atoms with Crippen LogP contribution in [0, 0.1) is 13.8 Å². The van der Waals surface area contributed by atoms with Crippen molar-refractivity contribution in [2.24, 2.45) is 5.73 Å². The van der Waals surface area contributed by atoms with Crippen LogP contribution in [0.15, 0.2) is 16.6 Å². The van der Waals surface area contributed by atoms with Gasteiger partial charge in [-0.2, -0.15) is 0 Å². The molecule has 2 rings (SSSR count). The predicted octanol–water partition coefficient (Wildman–Crippen LogP) is 4.95. The van der Waals surface area contributed by atoms with Crippen LogP contribution in [0.4, 0.5) is 0 Å². The third kappa shape index (κ3) is 2.97. The van der Waals surface area contributed by atoms with Crippen LogP contribution in [0.5, 0.6) is 0 Å². The van der Waals surface area contributed by atoms with Gasteiger partial charge < -0.3 is 5.73 Å². The number of aryl methyl sites for hydroxylation is 2. The molecule has 0 atom stereocenters. The minimum atomic E-state index is 0.0307. The molecule has 1 aromatic heterocycles. The van der Waals surface area contributed by atoms with Crippen molar-refractivity contribution in [1.82, 2.24) is 4.98 Å². The van der Waals surface area contributed by atoms with Gasteiger partial charge in [-0.1, -0.05) is 36.7 Å². The highest BCUT2D eigenvalue weighted by Crippen LogP contribution is 2.36. The van der Waals surface area contributed by atoms with E-state index in [0.29, 0.717) is 6.54 Å². The molecule has 0 aliphatic carbocycles. The van der Waals surface area contributed by atoms with Crippen molar-refractivity contribution >= 4 is 27.3 Å². The van der Waals surface area contributed by atoms with Crippen LogP contribution < -0.4 is 5.73 Å². The van der Waals surface area contributed by atoms with Crippen LogP contribution in [0.3, 0.4) is 0 Å². The fourth-order valence-corrected chi connectivity index (χ4v) is 3.64. The van der Waals surface area contributed by atoms with Crippen LogP contribution >= 0.6 is 27.3 Å². The molecular formula is C16H21BrN2S. The van der Waals surface area contributed by atoms with Gasteiger partial charge in [0.15, 0.2) is 0 Å². The number of thiazole rings is 1. The average molecular weight is 353 g/mol. The Bertz CT molecular complexity index is 615. The second-order valence-corrected chi connectivity index (χ2v) is 8.05. The Balaban J connectivity index is 2.57. The Kier molecular flexibility index (Phi) is 4.38. The smallest absolute Gasteiger partial charge is 0.123 e. The molecule has 20 heavy (non-hydrogen) atoms. The van der Waals surface area contributed by atoms with Crippen molar-refractivity contribution in [2.45, 2.75) is 46.6 Å². The van der Waals surface area contributed by atoms with Crippen molar-refractivity contribution in [3.8, 4) is 10.6 Å². The maximum Gasteiger partial charge on any atom is 0.123 e. The summed E-state index contributed by atoms with van der Waals surface area (Å²) in [5, 5.41) is 1.06. The third-order valence-electron chi connectivity index (χ3n) is 3.28. The van der Waals surface area contributed by atoms with Crippen LogP contribution in [0.2, 0.25) is 0 Å². The number of rotatable bonds is 2. The fraction of sp³-hybridized carbons (Fsp3) is 0.438. The fourth-order valence-electron chi connectivity index (χ4n) is 2.27. The maximum absolute atomic E-state index is 5.89. The summed E-state index contributed by atoms with van der Waals surface area (Å²) < 4.78 is 1.17. The van der Waals surface area contributed by atoms with Crippen molar-refractivity contribution in [2.75, 3.05) is 0 Å². The minimum absolute atomic E-state index is 0.0307. The van der Waals surface area contributed by atoms with Crippen molar-refractivity contribution in [1.29, 1.82) is 0 Å². The van der Waals surface area contributed by atoms with E-state index in [-0.39, 0.29) is 5.41 Å². The molecule has 0 saturated carbocycles.